The Bertz CT molecular complexity index is 449. The highest BCUT2D eigenvalue weighted by molar-refractivity contribution is 5.97. The van der Waals surface area contributed by atoms with E-state index in [1.807, 2.05) is 39.0 Å². The number of aryl methyl sites for hydroxylation is 2. The fourth-order valence-electron chi connectivity index (χ4n) is 1.87. The molecule has 1 unspecified atom stereocenters. The maximum atomic E-state index is 12.1. The second kappa shape index (κ2) is 6.05. The van der Waals surface area contributed by atoms with Crippen molar-refractivity contribution in [2.45, 2.75) is 33.2 Å². The Morgan fingerprint density at radius 3 is 2.50 bits per heavy atom. The van der Waals surface area contributed by atoms with E-state index in [1.165, 1.54) is 0 Å². The van der Waals surface area contributed by atoms with Gasteiger partial charge in [0.1, 0.15) is 5.84 Å². The molecular formula is C13H19N3O2. The Labute approximate surface area is 107 Å². The molecule has 18 heavy (non-hydrogen) atoms. The van der Waals surface area contributed by atoms with Crippen LogP contribution in [0.15, 0.2) is 23.4 Å². The number of oxime groups is 1. The van der Waals surface area contributed by atoms with Crippen LogP contribution in [-0.2, 0) is 0 Å². The van der Waals surface area contributed by atoms with Crippen LogP contribution in [0.3, 0.4) is 0 Å². The van der Waals surface area contributed by atoms with Gasteiger partial charge < -0.3 is 16.3 Å². The molecule has 0 heterocycles. The van der Waals surface area contributed by atoms with Gasteiger partial charge in [0, 0.05) is 18.0 Å². The van der Waals surface area contributed by atoms with E-state index in [1.54, 1.807) is 0 Å². The summed E-state index contributed by atoms with van der Waals surface area (Å²) in [5, 5.41) is 14.2. The monoisotopic (exact) mass is 249 g/mol. The van der Waals surface area contributed by atoms with Gasteiger partial charge in [-0.2, -0.15) is 0 Å². The molecule has 98 valence electrons. The fourth-order valence-corrected chi connectivity index (χ4v) is 1.87. The zero-order valence-corrected chi connectivity index (χ0v) is 10.9. The number of amides is 1. The van der Waals surface area contributed by atoms with Gasteiger partial charge in [0.25, 0.3) is 5.91 Å². The summed E-state index contributed by atoms with van der Waals surface area (Å²) >= 11 is 0. The van der Waals surface area contributed by atoms with Crippen LogP contribution >= 0.6 is 0 Å². The lowest BCUT2D eigenvalue weighted by atomic mass is 10.0. The highest BCUT2D eigenvalue weighted by Gasteiger charge is 2.14. The molecule has 1 rings (SSSR count). The van der Waals surface area contributed by atoms with Gasteiger partial charge in [-0.15, -0.1) is 0 Å². The van der Waals surface area contributed by atoms with E-state index in [-0.39, 0.29) is 17.8 Å². The lowest BCUT2D eigenvalue weighted by Crippen LogP contribution is -2.36. The molecular weight excluding hydrogens is 230 g/mol. The van der Waals surface area contributed by atoms with E-state index in [0.717, 1.165) is 11.1 Å². The highest BCUT2D eigenvalue weighted by Crippen LogP contribution is 2.13. The van der Waals surface area contributed by atoms with Crippen molar-refractivity contribution in [1.82, 2.24) is 5.32 Å². The predicted octanol–water partition coefficient (Wildman–Crippen LogP) is 1.56. The molecule has 0 saturated carbocycles. The lowest BCUT2D eigenvalue weighted by molar-refractivity contribution is 0.0940. The van der Waals surface area contributed by atoms with Crippen molar-refractivity contribution in [3.05, 3.63) is 34.9 Å². The van der Waals surface area contributed by atoms with Crippen LogP contribution < -0.4 is 11.1 Å². The molecule has 0 spiro atoms. The summed E-state index contributed by atoms with van der Waals surface area (Å²) in [6.07, 6.45) is 0.313. The first-order valence-corrected chi connectivity index (χ1v) is 5.79. The summed E-state index contributed by atoms with van der Waals surface area (Å²) in [5.41, 5.74) is 7.95. The van der Waals surface area contributed by atoms with Crippen LogP contribution in [0.1, 0.15) is 34.8 Å². The number of carbonyl (C=O) groups is 1. The molecule has 0 bridgehead atoms. The topological polar surface area (TPSA) is 87.7 Å². The van der Waals surface area contributed by atoms with Crippen molar-refractivity contribution in [3.63, 3.8) is 0 Å². The third-order valence-corrected chi connectivity index (χ3v) is 2.73. The number of hydrogen-bond donors (Lipinski definition) is 3. The summed E-state index contributed by atoms with van der Waals surface area (Å²) < 4.78 is 0. The van der Waals surface area contributed by atoms with Crippen LogP contribution in [0.2, 0.25) is 0 Å². The van der Waals surface area contributed by atoms with Gasteiger partial charge in [-0.1, -0.05) is 23.4 Å². The number of hydrogen-bond acceptors (Lipinski definition) is 3. The van der Waals surface area contributed by atoms with E-state index in [4.69, 9.17) is 10.9 Å². The summed E-state index contributed by atoms with van der Waals surface area (Å²) in [4.78, 5) is 12.1. The zero-order valence-electron chi connectivity index (χ0n) is 10.9. The van der Waals surface area contributed by atoms with Gasteiger partial charge in [-0.25, -0.2) is 0 Å². The molecule has 0 aliphatic heterocycles. The quantitative estimate of drug-likeness (QED) is 0.327. The van der Waals surface area contributed by atoms with Crippen molar-refractivity contribution >= 4 is 11.7 Å². The molecule has 0 aliphatic rings. The molecule has 5 nitrogen and oxygen atoms in total. The molecule has 0 fully saturated rings. The SMILES string of the molecule is Cc1cccc(C)c1C(=O)NC(C)C/C(N)=N/O. The minimum absolute atomic E-state index is 0.101. The number of amidine groups is 1. The second-order valence-corrected chi connectivity index (χ2v) is 4.44. The Morgan fingerprint density at radius 1 is 1.44 bits per heavy atom. The molecule has 1 atom stereocenters. The maximum absolute atomic E-state index is 12.1. The molecule has 5 heteroatoms. The molecule has 1 aromatic rings. The number of nitrogens with zero attached hydrogens (tertiary/aromatic N) is 1. The third kappa shape index (κ3) is 3.48. The lowest BCUT2D eigenvalue weighted by Gasteiger charge is -2.15. The van der Waals surface area contributed by atoms with Gasteiger partial charge in [0.05, 0.1) is 0 Å². The Morgan fingerprint density at radius 2 is 2.00 bits per heavy atom. The molecule has 4 N–H and O–H groups in total. The normalized spacial score (nSPS) is 13.2. The van der Waals surface area contributed by atoms with Gasteiger partial charge in [-0.05, 0) is 31.9 Å². The largest absolute Gasteiger partial charge is 0.409 e. The molecule has 0 aliphatic carbocycles. The Balaban J connectivity index is 2.77. The van der Waals surface area contributed by atoms with Gasteiger partial charge >= 0.3 is 0 Å². The average Bonchev–Trinajstić information content (AvgIpc) is 2.28. The zero-order chi connectivity index (χ0) is 13.7. The van der Waals surface area contributed by atoms with Crippen molar-refractivity contribution in [3.8, 4) is 0 Å². The number of carbonyl (C=O) groups excluding carboxylic acids is 1. The van der Waals surface area contributed by atoms with Crippen molar-refractivity contribution in [1.29, 1.82) is 0 Å². The van der Waals surface area contributed by atoms with Gasteiger partial charge in [-0.3, -0.25) is 4.79 Å². The van der Waals surface area contributed by atoms with Crippen molar-refractivity contribution in [2.75, 3.05) is 0 Å². The van der Waals surface area contributed by atoms with E-state index in [2.05, 4.69) is 10.5 Å². The third-order valence-electron chi connectivity index (χ3n) is 2.73. The van der Waals surface area contributed by atoms with E-state index in [0.29, 0.717) is 12.0 Å². The predicted molar refractivity (Wildman–Crippen MR) is 70.9 cm³/mol. The highest BCUT2D eigenvalue weighted by atomic mass is 16.4. The van der Waals surface area contributed by atoms with Crippen molar-refractivity contribution in [2.24, 2.45) is 10.9 Å². The Hall–Kier alpha value is -2.04. The molecule has 1 amide bonds. The van der Waals surface area contributed by atoms with Gasteiger partial charge in [0.15, 0.2) is 0 Å². The summed E-state index contributed by atoms with van der Waals surface area (Å²) in [6.45, 7) is 5.61. The van der Waals surface area contributed by atoms with Crippen LogP contribution in [0, 0.1) is 13.8 Å². The van der Waals surface area contributed by atoms with Gasteiger partial charge in [0.2, 0.25) is 0 Å². The van der Waals surface area contributed by atoms with Crippen LogP contribution in [0.25, 0.3) is 0 Å². The standard InChI is InChI=1S/C13H19N3O2/c1-8-5-4-6-9(2)12(8)13(17)15-10(3)7-11(14)16-18/h4-6,10,18H,7H2,1-3H3,(H2,14,16)(H,15,17). The smallest absolute Gasteiger partial charge is 0.252 e. The minimum atomic E-state index is -0.188. The fraction of sp³-hybridized carbons (Fsp3) is 0.385. The summed E-state index contributed by atoms with van der Waals surface area (Å²) in [7, 11) is 0. The van der Waals surface area contributed by atoms with Crippen molar-refractivity contribution < 1.29 is 10.0 Å². The first-order valence-electron chi connectivity index (χ1n) is 5.79. The first kappa shape index (κ1) is 14.0. The van der Waals surface area contributed by atoms with E-state index >= 15 is 0 Å². The molecule has 0 aromatic heterocycles. The van der Waals surface area contributed by atoms with Crippen LogP contribution in [-0.4, -0.2) is 23.0 Å². The number of benzene rings is 1. The first-order chi connectivity index (χ1) is 8.45. The summed E-state index contributed by atoms with van der Waals surface area (Å²) in [5.74, 6) is -0.0341. The van der Waals surface area contributed by atoms with Crippen LogP contribution in [0.5, 0.6) is 0 Å². The van der Waals surface area contributed by atoms with E-state index < -0.39 is 0 Å². The molecule has 0 saturated heterocycles. The number of rotatable bonds is 4. The van der Waals surface area contributed by atoms with E-state index in [9.17, 15) is 4.79 Å². The average molecular weight is 249 g/mol. The molecule has 1 aromatic carbocycles. The Kier molecular flexibility index (Phi) is 4.71. The number of nitrogens with one attached hydrogen (secondary N) is 1. The number of nitrogens with two attached hydrogens (primary N) is 1. The maximum Gasteiger partial charge on any atom is 0.252 e. The van der Waals surface area contributed by atoms with Crippen LogP contribution in [0.4, 0.5) is 0 Å². The molecule has 0 radical (unpaired) electrons. The second-order valence-electron chi connectivity index (χ2n) is 4.44. The minimum Gasteiger partial charge on any atom is -0.409 e. The summed E-state index contributed by atoms with van der Waals surface area (Å²) in [6, 6.07) is 5.53.